The molecule has 0 bridgehead atoms. The quantitative estimate of drug-likeness (QED) is 0.513. The van der Waals surface area contributed by atoms with Crippen LogP contribution in [0.4, 0.5) is 0 Å². The standard InChI is InChI=1S/C14H20O2/c1-4-5-10-15-13-6-8-14(9-7-13)16-11-12(2)3/h6-9H,2,4-5,10-11H2,1,3H3. The maximum atomic E-state index is 5.55. The molecule has 1 aromatic rings. The van der Waals surface area contributed by atoms with Crippen LogP contribution in [0.3, 0.4) is 0 Å². The van der Waals surface area contributed by atoms with E-state index in [2.05, 4.69) is 13.5 Å². The van der Waals surface area contributed by atoms with Crippen LogP contribution in [0.5, 0.6) is 11.5 Å². The molecular formula is C14H20O2. The first kappa shape index (κ1) is 12.6. The number of hydrogen-bond acceptors (Lipinski definition) is 2. The van der Waals surface area contributed by atoms with Crippen LogP contribution >= 0.6 is 0 Å². The zero-order chi connectivity index (χ0) is 11.8. The molecular weight excluding hydrogens is 200 g/mol. The Bertz CT molecular complexity index is 314. The molecule has 16 heavy (non-hydrogen) atoms. The smallest absolute Gasteiger partial charge is 0.120 e. The normalized spacial score (nSPS) is 9.88. The first-order valence-corrected chi connectivity index (χ1v) is 5.72. The van der Waals surface area contributed by atoms with Crippen molar-refractivity contribution < 1.29 is 9.47 Å². The largest absolute Gasteiger partial charge is 0.494 e. The van der Waals surface area contributed by atoms with E-state index in [4.69, 9.17) is 9.47 Å². The van der Waals surface area contributed by atoms with Gasteiger partial charge in [-0.2, -0.15) is 0 Å². The van der Waals surface area contributed by atoms with Gasteiger partial charge in [0.2, 0.25) is 0 Å². The summed E-state index contributed by atoms with van der Waals surface area (Å²) in [5.41, 5.74) is 1.02. The Morgan fingerprint density at radius 1 is 1.12 bits per heavy atom. The molecule has 0 aromatic heterocycles. The Labute approximate surface area is 97.9 Å². The SMILES string of the molecule is C=C(C)COc1ccc(OCCCC)cc1. The summed E-state index contributed by atoms with van der Waals surface area (Å²) < 4.78 is 11.0. The lowest BCUT2D eigenvalue weighted by molar-refractivity contribution is 0.307. The predicted octanol–water partition coefficient (Wildman–Crippen LogP) is 3.82. The predicted molar refractivity (Wildman–Crippen MR) is 67.2 cm³/mol. The minimum atomic E-state index is 0.566. The third kappa shape index (κ3) is 4.87. The molecule has 0 aliphatic rings. The van der Waals surface area contributed by atoms with Gasteiger partial charge in [-0.15, -0.1) is 0 Å². The lowest BCUT2D eigenvalue weighted by Crippen LogP contribution is -1.98. The molecule has 88 valence electrons. The van der Waals surface area contributed by atoms with Crippen molar-refractivity contribution >= 4 is 0 Å². The fourth-order valence-electron chi connectivity index (χ4n) is 1.17. The van der Waals surface area contributed by atoms with Crippen LogP contribution < -0.4 is 9.47 Å². The van der Waals surface area contributed by atoms with E-state index in [0.29, 0.717) is 6.61 Å². The second-order valence-corrected chi connectivity index (χ2v) is 3.92. The Morgan fingerprint density at radius 3 is 2.19 bits per heavy atom. The minimum Gasteiger partial charge on any atom is -0.494 e. The maximum Gasteiger partial charge on any atom is 0.120 e. The summed E-state index contributed by atoms with van der Waals surface area (Å²) >= 11 is 0. The van der Waals surface area contributed by atoms with E-state index in [1.54, 1.807) is 0 Å². The topological polar surface area (TPSA) is 18.5 Å². The van der Waals surface area contributed by atoms with E-state index in [1.165, 1.54) is 0 Å². The highest BCUT2D eigenvalue weighted by Gasteiger charge is 1.96. The van der Waals surface area contributed by atoms with E-state index in [0.717, 1.165) is 36.5 Å². The Hall–Kier alpha value is -1.44. The summed E-state index contributed by atoms with van der Waals surface area (Å²) in [7, 11) is 0. The molecule has 1 rings (SSSR count). The third-order valence-electron chi connectivity index (χ3n) is 2.08. The molecule has 0 atom stereocenters. The molecule has 0 unspecified atom stereocenters. The van der Waals surface area contributed by atoms with Crippen molar-refractivity contribution in [3.05, 3.63) is 36.4 Å². The molecule has 0 saturated carbocycles. The highest BCUT2D eigenvalue weighted by atomic mass is 16.5. The van der Waals surface area contributed by atoms with E-state index in [1.807, 2.05) is 31.2 Å². The van der Waals surface area contributed by atoms with Gasteiger partial charge in [0.15, 0.2) is 0 Å². The molecule has 0 N–H and O–H groups in total. The van der Waals surface area contributed by atoms with Gasteiger partial charge in [0.25, 0.3) is 0 Å². The third-order valence-corrected chi connectivity index (χ3v) is 2.08. The van der Waals surface area contributed by atoms with E-state index in [-0.39, 0.29) is 0 Å². The van der Waals surface area contributed by atoms with Gasteiger partial charge in [0, 0.05) is 0 Å². The summed E-state index contributed by atoms with van der Waals surface area (Å²) in [5, 5.41) is 0. The van der Waals surface area contributed by atoms with E-state index in [9.17, 15) is 0 Å². The van der Waals surface area contributed by atoms with E-state index >= 15 is 0 Å². The van der Waals surface area contributed by atoms with Crippen molar-refractivity contribution in [1.29, 1.82) is 0 Å². The average Bonchev–Trinajstić information content (AvgIpc) is 2.28. The fraction of sp³-hybridized carbons (Fsp3) is 0.429. The molecule has 0 spiro atoms. The molecule has 0 fully saturated rings. The molecule has 2 heteroatoms. The van der Waals surface area contributed by atoms with Crippen molar-refractivity contribution in [2.45, 2.75) is 26.7 Å². The first-order chi connectivity index (χ1) is 7.72. The number of hydrogen-bond donors (Lipinski definition) is 0. The summed E-state index contributed by atoms with van der Waals surface area (Å²) in [6, 6.07) is 7.71. The zero-order valence-electron chi connectivity index (χ0n) is 10.2. The Morgan fingerprint density at radius 2 is 1.69 bits per heavy atom. The molecule has 0 heterocycles. The fourth-order valence-corrected chi connectivity index (χ4v) is 1.17. The molecule has 2 nitrogen and oxygen atoms in total. The van der Waals surface area contributed by atoms with Gasteiger partial charge in [-0.3, -0.25) is 0 Å². The van der Waals surface area contributed by atoms with Gasteiger partial charge in [0.05, 0.1) is 6.61 Å². The molecule has 0 radical (unpaired) electrons. The Kier molecular flexibility index (Phi) is 5.48. The summed E-state index contributed by atoms with van der Waals surface area (Å²) in [6.07, 6.45) is 2.24. The van der Waals surface area contributed by atoms with Crippen molar-refractivity contribution in [2.75, 3.05) is 13.2 Å². The highest BCUT2D eigenvalue weighted by Crippen LogP contribution is 2.18. The Balaban J connectivity index is 2.38. The molecule has 0 amide bonds. The summed E-state index contributed by atoms with van der Waals surface area (Å²) in [6.45, 7) is 9.23. The maximum absolute atomic E-state index is 5.55. The number of benzene rings is 1. The second-order valence-electron chi connectivity index (χ2n) is 3.92. The van der Waals surface area contributed by atoms with Crippen LogP contribution in [0.25, 0.3) is 0 Å². The zero-order valence-corrected chi connectivity index (χ0v) is 10.2. The van der Waals surface area contributed by atoms with Gasteiger partial charge < -0.3 is 9.47 Å². The van der Waals surface area contributed by atoms with Crippen molar-refractivity contribution in [2.24, 2.45) is 0 Å². The van der Waals surface area contributed by atoms with Crippen LogP contribution in [0.1, 0.15) is 26.7 Å². The van der Waals surface area contributed by atoms with Crippen LogP contribution in [-0.4, -0.2) is 13.2 Å². The van der Waals surface area contributed by atoms with Gasteiger partial charge >= 0.3 is 0 Å². The van der Waals surface area contributed by atoms with Gasteiger partial charge in [0.1, 0.15) is 18.1 Å². The monoisotopic (exact) mass is 220 g/mol. The van der Waals surface area contributed by atoms with Crippen molar-refractivity contribution in [1.82, 2.24) is 0 Å². The van der Waals surface area contributed by atoms with E-state index < -0.39 is 0 Å². The van der Waals surface area contributed by atoms with Gasteiger partial charge in [-0.25, -0.2) is 0 Å². The van der Waals surface area contributed by atoms with Crippen LogP contribution in [0.2, 0.25) is 0 Å². The minimum absolute atomic E-state index is 0.566. The molecule has 1 aromatic carbocycles. The lowest BCUT2D eigenvalue weighted by atomic mass is 10.3. The highest BCUT2D eigenvalue weighted by molar-refractivity contribution is 5.31. The number of unbranched alkanes of at least 4 members (excludes halogenated alkanes) is 1. The van der Waals surface area contributed by atoms with Crippen molar-refractivity contribution in [3.63, 3.8) is 0 Å². The van der Waals surface area contributed by atoms with Gasteiger partial charge in [-0.1, -0.05) is 19.9 Å². The number of rotatable bonds is 7. The first-order valence-electron chi connectivity index (χ1n) is 5.72. The summed E-state index contributed by atoms with van der Waals surface area (Å²) in [4.78, 5) is 0. The average molecular weight is 220 g/mol. The second kappa shape index (κ2) is 6.94. The lowest BCUT2D eigenvalue weighted by Gasteiger charge is -2.08. The van der Waals surface area contributed by atoms with Crippen LogP contribution in [0, 0.1) is 0 Å². The van der Waals surface area contributed by atoms with Crippen LogP contribution in [0.15, 0.2) is 36.4 Å². The molecule has 0 aliphatic heterocycles. The van der Waals surface area contributed by atoms with Gasteiger partial charge in [-0.05, 0) is 43.2 Å². The number of ether oxygens (including phenoxy) is 2. The molecule has 0 aliphatic carbocycles. The summed E-state index contributed by atoms with van der Waals surface area (Å²) in [5.74, 6) is 1.75. The van der Waals surface area contributed by atoms with Crippen molar-refractivity contribution in [3.8, 4) is 11.5 Å². The molecule has 0 saturated heterocycles. The van der Waals surface area contributed by atoms with Crippen LogP contribution in [-0.2, 0) is 0 Å².